The van der Waals surface area contributed by atoms with E-state index >= 15 is 0 Å². The lowest BCUT2D eigenvalue weighted by atomic mass is 9.77. The summed E-state index contributed by atoms with van der Waals surface area (Å²) in [6, 6.07) is 32.2. The first-order valence-corrected chi connectivity index (χ1v) is 9.77. The van der Waals surface area contributed by atoms with Gasteiger partial charge in [0.25, 0.3) is 0 Å². The van der Waals surface area contributed by atoms with Gasteiger partial charge in [0, 0.05) is 18.9 Å². The summed E-state index contributed by atoms with van der Waals surface area (Å²) < 4.78 is 2.12. The summed E-state index contributed by atoms with van der Waals surface area (Å²) >= 11 is 0. The molecule has 1 aromatic heterocycles. The minimum Gasteiger partial charge on any atom is -0.337 e. The Morgan fingerprint density at radius 1 is 0.714 bits per heavy atom. The van der Waals surface area contributed by atoms with Crippen LogP contribution in [0.5, 0.6) is 0 Å². The van der Waals surface area contributed by atoms with Gasteiger partial charge in [-0.25, -0.2) is 4.98 Å². The van der Waals surface area contributed by atoms with Gasteiger partial charge in [-0.15, -0.1) is 0 Å². The van der Waals surface area contributed by atoms with Gasteiger partial charge < -0.3 is 4.57 Å². The molecule has 3 aromatic carbocycles. The van der Waals surface area contributed by atoms with Crippen molar-refractivity contribution in [1.29, 1.82) is 0 Å². The predicted octanol–water partition coefficient (Wildman–Crippen LogP) is 4.85. The van der Waals surface area contributed by atoms with Gasteiger partial charge in [0.2, 0.25) is 0 Å². The molecule has 0 fully saturated rings. The number of aryl methyl sites for hydroxylation is 1. The lowest BCUT2D eigenvalue weighted by Gasteiger charge is -2.37. The molecular weight excluding hydrogens is 342 g/mol. The van der Waals surface area contributed by atoms with Crippen molar-refractivity contribution in [2.24, 2.45) is 0 Å². The smallest absolute Gasteiger partial charge is 0.0947 e. The maximum Gasteiger partial charge on any atom is 0.0947 e. The Hall–Kier alpha value is -3.17. The van der Waals surface area contributed by atoms with Crippen molar-refractivity contribution in [3.05, 3.63) is 126 Å². The lowest BCUT2D eigenvalue weighted by molar-refractivity contribution is 0.452. The quantitative estimate of drug-likeness (QED) is 0.356. The summed E-state index contributed by atoms with van der Waals surface area (Å²) in [6.07, 6.45) is 6.73. The van der Waals surface area contributed by atoms with Crippen LogP contribution in [-0.2, 0) is 12.1 Å². The van der Waals surface area contributed by atoms with Gasteiger partial charge >= 0.3 is 0 Å². The molecule has 3 heteroatoms. The average Bonchev–Trinajstić information content (AvgIpc) is 3.30. The molecule has 0 bridgehead atoms. The molecule has 0 atom stereocenters. The van der Waals surface area contributed by atoms with E-state index in [-0.39, 0.29) is 0 Å². The predicted molar refractivity (Wildman–Crippen MR) is 114 cm³/mol. The molecule has 0 unspecified atom stereocenters. The van der Waals surface area contributed by atoms with E-state index in [1.165, 1.54) is 16.7 Å². The highest BCUT2D eigenvalue weighted by atomic mass is 15.0. The maximum absolute atomic E-state index is 4.13. The Labute approximate surface area is 166 Å². The van der Waals surface area contributed by atoms with Gasteiger partial charge in [-0.2, -0.15) is 0 Å². The minimum absolute atomic E-state index is 0.390. The van der Waals surface area contributed by atoms with Gasteiger partial charge in [0.15, 0.2) is 0 Å². The number of hydrogen-bond donors (Lipinski definition) is 1. The molecule has 0 aliphatic heterocycles. The lowest BCUT2D eigenvalue weighted by Crippen LogP contribution is -2.45. The second-order valence-corrected chi connectivity index (χ2v) is 6.93. The van der Waals surface area contributed by atoms with Gasteiger partial charge in [-0.3, -0.25) is 5.32 Å². The fourth-order valence-electron chi connectivity index (χ4n) is 3.83. The fourth-order valence-corrected chi connectivity index (χ4v) is 3.83. The van der Waals surface area contributed by atoms with E-state index in [1.807, 2.05) is 18.7 Å². The molecule has 0 radical (unpaired) electrons. The standard InChI is InChI=1S/C25H25N3/c1-4-11-22(12-5-1)25(23-13-6-2-7-14-23,24-15-8-3-9-16-24)27-17-10-19-28-20-18-26-21-28/h1-9,11-16,18,20-21,27H,10,17,19H2. The van der Waals surface area contributed by atoms with Crippen molar-refractivity contribution in [3.8, 4) is 0 Å². The van der Waals surface area contributed by atoms with Crippen LogP contribution in [0.4, 0.5) is 0 Å². The summed E-state index contributed by atoms with van der Waals surface area (Å²) in [5.74, 6) is 0. The molecule has 4 rings (SSSR count). The Morgan fingerprint density at radius 3 is 1.64 bits per heavy atom. The molecule has 1 N–H and O–H groups in total. The van der Waals surface area contributed by atoms with Crippen LogP contribution in [0.2, 0.25) is 0 Å². The van der Waals surface area contributed by atoms with Gasteiger partial charge in [0.1, 0.15) is 0 Å². The molecule has 140 valence electrons. The average molecular weight is 367 g/mol. The Bertz CT molecular complexity index is 852. The van der Waals surface area contributed by atoms with E-state index in [4.69, 9.17) is 0 Å². The molecule has 0 amide bonds. The van der Waals surface area contributed by atoms with Crippen LogP contribution in [0.25, 0.3) is 0 Å². The Balaban J connectivity index is 1.72. The van der Waals surface area contributed by atoms with Crippen LogP contribution in [-0.4, -0.2) is 16.1 Å². The largest absolute Gasteiger partial charge is 0.337 e. The number of imidazole rings is 1. The van der Waals surface area contributed by atoms with Gasteiger partial charge in [-0.1, -0.05) is 91.0 Å². The van der Waals surface area contributed by atoms with E-state index in [0.717, 1.165) is 19.5 Å². The third-order valence-corrected chi connectivity index (χ3v) is 5.16. The zero-order chi connectivity index (χ0) is 19.1. The molecular formula is C25H25N3. The molecule has 28 heavy (non-hydrogen) atoms. The minimum atomic E-state index is -0.390. The fraction of sp³-hybridized carbons (Fsp3) is 0.160. The Kier molecular flexibility index (Phi) is 5.64. The number of aromatic nitrogens is 2. The van der Waals surface area contributed by atoms with E-state index in [9.17, 15) is 0 Å². The first-order chi connectivity index (χ1) is 13.9. The monoisotopic (exact) mass is 367 g/mol. The van der Waals surface area contributed by atoms with E-state index < -0.39 is 5.54 Å². The van der Waals surface area contributed by atoms with Gasteiger partial charge in [0.05, 0.1) is 11.9 Å². The van der Waals surface area contributed by atoms with Crippen molar-refractivity contribution in [2.45, 2.75) is 18.5 Å². The van der Waals surface area contributed by atoms with Crippen LogP contribution < -0.4 is 5.32 Å². The van der Waals surface area contributed by atoms with Crippen molar-refractivity contribution in [3.63, 3.8) is 0 Å². The summed E-state index contributed by atoms with van der Waals surface area (Å²) in [5.41, 5.74) is 3.35. The first kappa shape index (κ1) is 18.2. The number of nitrogens with zero attached hydrogens (tertiary/aromatic N) is 2. The van der Waals surface area contributed by atoms with Crippen molar-refractivity contribution in [2.75, 3.05) is 6.54 Å². The SMILES string of the molecule is c1ccc(C(NCCCn2ccnc2)(c2ccccc2)c2ccccc2)cc1. The van der Waals surface area contributed by atoms with Crippen LogP contribution in [0.1, 0.15) is 23.1 Å². The van der Waals surface area contributed by atoms with Crippen LogP contribution in [0.15, 0.2) is 110 Å². The molecule has 0 saturated heterocycles. The van der Waals surface area contributed by atoms with Crippen LogP contribution >= 0.6 is 0 Å². The highest BCUT2D eigenvalue weighted by molar-refractivity contribution is 5.49. The number of rotatable bonds is 8. The maximum atomic E-state index is 4.13. The molecule has 0 saturated carbocycles. The third-order valence-electron chi connectivity index (χ3n) is 5.16. The van der Waals surface area contributed by atoms with Gasteiger partial charge in [-0.05, 0) is 29.7 Å². The topological polar surface area (TPSA) is 29.9 Å². The molecule has 3 nitrogen and oxygen atoms in total. The molecule has 1 heterocycles. The molecule has 4 aromatic rings. The first-order valence-electron chi connectivity index (χ1n) is 9.77. The second kappa shape index (κ2) is 8.68. The summed E-state index contributed by atoms with van der Waals surface area (Å²) in [4.78, 5) is 4.13. The number of nitrogens with one attached hydrogen (secondary N) is 1. The van der Waals surface area contributed by atoms with E-state index in [1.54, 1.807) is 0 Å². The normalized spacial score (nSPS) is 11.4. The van der Waals surface area contributed by atoms with E-state index in [0.29, 0.717) is 0 Å². The van der Waals surface area contributed by atoms with E-state index in [2.05, 4.69) is 106 Å². The van der Waals surface area contributed by atoms with Crippen molar-refractivity contribution < 1.29 is 0 Å². The molecule has 0 aliphatic carbocycles. The zero-order valence-electron chi connectivity index (χ0n) is 15.9. The summed E-state index contributed by atoms with van der Waals surface area (Å²) in [6.45, 7) is 1.83. The highest BCUT2D eigenvalue weighted by Gasteiger charge is 2.35. The van der Waals surface area contributed by atoms with Crippen LogP contribution in [0.3, 0.4) is 0 Å². The third kappa shape index (κ3) is 3.75. The zero-order valence-corrected chi connectivity index (χ0v) is 15.9. The van der Waals surface area contributed by atoms with Crippen molar-refractivity contribution in [1.82, 2.24) is 14.9 Å². The summed E-state index contributed by atoms with van der Waals surface area (Å²) in [7, 11) is 0. The Morgan fingerprint density at radius 2 is 1.21 bits per heavy atom. The molecule has 0 spiro atoms. The number of benzene rings is 3. The highest BCUT2D eigenvalue weighted by Crippen LogP contribution is 2.36. The number of hydrogen-bond acceptors (Lipinski definition) is 2. The van der Waals surface area contributed by atoms with Crippen molar-refractivity contribution >= 4 is 0 Å². The van der Waals surface area contributed by atoms with Crippen LogP contribution in [0, 0.1) is 0 Å². The summed E-state index contributed by atoms with van der Waals surface area (Å²) in [5, 5.41) is 3.91. The molecule has 0 aliphatic rings. The second-order valence-electron chi connectivity index (χ2n) is 6.93.